The molecule has 31 heavy (non-hydrogen) atoms. The summed E-state index contributed by atoms with van der Waals surface area (Å²) >= 11 is 0. The van der Waals surface area contributed by atoms with Crippen LogP contribution in [0.2, 0.25) is 0 Å². The molecule has 174 valence electrons. The van der Waals surface area contributed by atoms with E-state index in [1.807, 2.05) is 27.7 Å². The highest BCUT2D eigenvalue weighted by atomic mass is 16.5. The summed E-state index contributed by atoms with van der Waals surface area (Å²) < 4.78 is 6.39. The summed E-state index contributed by atoms with van der Waals surface area (Å²) in [7, 11) is 0. The van der Waals surface area contributed by atoms with Gasteiger partial charge in [0.25, 0.3) is 0 Å². The van der Waals surface area contributed by atoms with Crippen molar-refractivity contribution < 1.29 is 29.3 Å². The van der Waals surface area contributed by atoms with Gasteiger partial charge in [0.05, 0.1) is 30.1 Å². The Morgan fingerprint density at radius 3 is 2.45 bits per heavy atom. The van der Waals surface area contributed by atoms with Crippen LogP contribution < -0.4 is 0 Å². The van der Waals surface area contributed by atoms with Crippen LogP contribution in [0.3, 0.4) is 0 Å². The standard InChI is InChI=1S/C23H36N2O6/c1-7-10-24(14(4)5)20(28)18-23-9-8-22(6,31-23)17(21(29)30)16(23)19(27)25(18)15(12-26)11-13(2)3/h7,13-18,26H,1,8-12H2,2-6H3,(H,29,30)/t15-,16+,17+,18?,22-,23?/m1/s1. The molecule has 3 aliphatic rings. The number of hydrogen-bond donors (Lipinski definition) is 2. The molecule has 0 aromatic rings. The average molecular weight is 437 g/mol. The SMILES string of the molecule is C=CCN(C(=O)C1N([C@@H](CO)CC(C)C)C(=O)[C@@H]2[C@@H](C(=O)O)[C@@]3(C)CCC12O3)C(C)C. The third-order valence-corrected chi connectivity index (χ3v) is 7.29. The minimum absolute atomic E-state index is 0.139. The van der Waals surface area contributed by atoms with Gasteiger partial charge in [-0.25, -0.2) is 0 Å². The van der Waals surface area contributed by atoms with Crippen molar-refractivity contribution in [2.75, 3.05) is 13.2 Å². The van der Waals surface area contributed by atoms with Crippen LogP contribution in [0, 0.1) is 17.8 Å². The maximum atomic E-state index is 13.9. The molecule has 2 unspecified atom stereocenters. The zero-order valence-electron chi connectivity index (χ0n) is 19.2. The van der Waals surface area contributed by atoms with Crippen molar-refractivity contribution >= 4 is 17.8 Å². The minimum Gasteiger partial charge on any atom is -0.481 e. The van der Waals surface area contributed by atoms with Gasteiger partial charge in [-0.3, -0.25) is 14.4 Å². The van der Waals surface area contributed by atoms with E-state index in [0.29, 0.717) is 25.8 Å². The van der Waals surface area contributed by atoms with Gasteiger partial charge in [0, 0.05) is 12.6 Å². The molecule has 0 radical (unpaired) electrons. The van der Waals surface area contributed by atoms with Gasteiger partial charge in [-0.05, 0) is 46.0 Å². The lowest BCUT2D eigenvalue weighted by Crippen LogP contribution is -2.60. The summed E-state index contributed by atoms with van der Waals surface area (Å²) in [4.78, 5) is 43.0. The number of rotatable bonds is 9. The lowest BCUT2D eigenvalue weighted by Gasteiger charge is -2.40. The number of nitrogens with zero attached hydrogens (tertiary/aromatic N) is 2. The van der Waals surface area contributed by atoms with Gasteiger partial charge < -0.3 is 24.7 Å². The molecule has 3 fully saturated rings. The molecular formula is C23H36N2O6. The predicted octanol–water partition coefficient (Wildman–Crippen LogP) is 1.67. The largest absolute Gasteiger partial charge is 0.481 e. The second-order valence-corrected chi connectivity index (χ2v) is 10.2. The first-order valence-corrected chi connectivity index (χ1v) is 11.2. The lowest BCUT2D eigenvalue weighted by molar-refractivity contribution is -0.159. The number of likely N-dealkylation sites (tertiary alicyclic amines) is 1. The molecule has 0 aliphatic carbocycles. The molecule has 8 heteroatoms. The van der Waals surface area contributed by atoms with Crippen molar-refractivity contribution in [1.29, 1.82) is 0 Å². The van der Waals surface area contributed by atoms with E-state index < -0.39 is 47.0 Å². The van der Waals surface area contributed by atoms with Crippen LogP contribution in [-0.2, 0) is 19.1 Å². The van der Waals surface area contributed by atoms with Gasteiger partial charge in [-0.1, -0.05) is 19.9 Å². The molecular weight excluding hydrogens is 400 g/mol. The average Bonchev–Trinajstić information content (AvgIpc) is 3.24. The van der Waals surface area contributed by atoms with Crippen molar-refractivity contribution in [3.63, 3.8) is 0 Å². The number of aliphatic hydroxyl groups is 1. The molecule has 0 aromatic heterocycles. The van der Waals surface area contributed by atoms with E-state index in [4.69, 9.17) is 4.74 Å². The number of carboxylic acid groups (broad SMARTS) is 1. The van der Waals surface area contributed by atoms with E-state index in [0.717, 1.165) is 0 Å². The van der Waals surface area contributed by atoms with E-state index in [9.17, 15) is 24.6 Å². The number of aliphatic hydroxyl groups excluding tert-OH is 1. The van der Waals surface area contributed by atoms with Gasteiger partial charge in [-0.15, -0.1) is 6.58 Å². The number of aliphatic carboxylic acids is 1. The summed E-state index contributed by atoms with van der Waals surface area (Å²) in [6.45, 7) is 13.3. The molecule has 2 bridgehead atoms. The highest BCUT2D eigenvalue weighted by molar-refractivity contribution is 5.98. The van der Waals surface area contributed by atoms with Crippen LogP contribution in [0.4, 0.5) is 0 Å². The van der Waals surface area contributed by atoms with Crippen LogP contribution in [0.1, 0.15) is 53.9 Å². The van der Waals surface area contributed by atoms with Gasteiger partial charge in [-0.2, -0.15) is 0 Å². The molecule has 6 atom stereocenters. The van der Waals surface area contributed by atoms with E-state index in [-0.39, 0.29) is 24.5 Å². The Labute approximate surface area is 184 Å². The normalized spacial score (nSPS) is 35.0. The monoisotopic (exact) mass is 436 g/mol. The first-order chi connectivity index (χ1) is 14.4. The fraction of sp³-hybridized carbons (Fsp3) is 0.783. The number of carbonyl (C=O) groups is 3. The number of amides is 2. The highest BCUT2D eigenvalue weighted by Gasteiger charge is 2.78. The maximum Gasteiger partial charge on any atom is 0.310 e. The van der Waals surface area contributed by atoms with E-state index in [2.05, 4.69) is 6.58 Å². The Hall–Kier alpha value is -1.93. The predicted molar refractivity (Wildman–Crippen MR) is 114 cm³/mol. The van der Waals surface area contributed by atoms with Gasteiger partial charge in [0.2, 0.25) is 11.8 Å². The van der Waals surface area contributed by atoms with E-state index in [1.165, 1.54) is 4.90 Å². The van der Waals surface area contributed by atoms with Gasteiger partial charge in [0.1, 0.15) is 11.6 Å². The highest BCUT2D eigenvalue weighted by Crippen LogP contribution is 2.63. The Morgan fingerprint density at radius 2 is 1.97 bits per heavy atom. The molecule has 3 saturated heterocycles. The Morgan fingerprint density at radius 1 is 1.32 bits per heavy atom. The van der Waals surface area contributed by atoms with Crippen LogP contribution in [0.25, 0.3) is 0 Å². The third-order valence-electron chi connectivity index (χ3n) is 7.29. The zero-order chi connectivity index (χ0) is 23.3. The number of hydrogen-bond acceptors (Lipinski definition) is 5. The molecule has 8 nitrogen and oxygen atoms in total. The third kappa shape index (κ3) is 3.48. The number of ether oxygens (including phenoxy) is 1. The van der Waals surface area contributed by atoms with E-state index >= 15 is 0 Å². The van der Waals surface area contributed by atoms with Crippen LogP contribution >= 0.6 is 0 Å². The zero-order valence-corrected chi connectivity index (χ0v) is 19.2. The summed E-state index contributed by atoms with van der Waals surface area (Å²) in [5.74, 6) is -3.51. The van der Waals surface area contributed by atoms with Gasteiger partial charge >= 0.3 is 5.97 Å². The number of carbonyl (C=O) groups excluding carboxylic acids is 2. The minimum atomic E-state index is -1.19. The summed E-state index contributed by atoms with van der Waals surface area (Å²) in [5, 5.41) is 20.2. The number of carboxylic acids is 1. The molecule has 2 N–H and O–H groups in total. The molecule has 0 saturated carbocycles. The topological polar surface area (TPSA) is 107 Å². The van der Waals surface area contributed by atoms with Crippen LogP contribution in [0.5, 0.6) is 0 Å². The fourth-order valence-electron chi connectivity index (χ4n) is 6.08. The molecule has 2 amide bonds. The molecule has 3 rings (SSSR count). The van der Waals surface area contributed by atoms with Crippen molar-refractivity contribution in [2.45, 2.75) is 83.2 Å². The van der Waals surface area contributed by atoms with Crippen LogP contribution in [-0.4, -0.2) is 80.3 Å². The molecule has 1 spiro atoms. The van der Waals surface area contributed by atoms with Crippen LogP contribution in [0.15, 0.2) is 12.7 Å². The van der Waals surface area contributed by atoms with Crippen molar-refractivity contribution in [1.82, 2.24) is 9.80 Å². The smallest absolute Gasteiger partial charge is 0.310 e. The summed E-state index contributed by atoms with van der Waals surface area (Å²) in [6, 6.07) is -1.68. The first kappa shape index (κ1) is 23.7. The molecule has 0 aromatic carbocycles. The lowest BCUT2D eigenvalue weighted by atomic mass is 9.66. The van der Waals surface area contributed by atoms with E-state index in [1.54, 1.807) is 17.9 Å². The van der Waals surface area contributed by atoms with Gasteiger partial charge in [0.15, 0.2) is 0 Å². The second-order valence-electron chi connectivity index (χ2n) is 10.2. The second kappa shape index (κ2) is 8.20. The fourth-order valence-corrected chi connectivity index (χ4v) is 6.08. The Balaban J connectivity index is 2.15. The first-order valence-electron chi connectivity index (χ1n) is 11.2. The van der Waals surface area contributed by atoms with Crippen molar-refractivity contribution in [3.8, 4) is 0 Å². The summed E-state index contributed by atoms with van der Waals surface area (Å²) in [6.07, 6.45) is 3.06. The Kier molecular flexibility index (Phi) is 6.28. The quantitative estimate of drug-likeness (QED) is 0.533. The molecule has 3 aliphatic heterocycles. The molecule has 3 heterocycles. The number of fused-ring (bicyclic) bond motifs is 1. The van der Waals surface area contributed by atoms with Crippen molar-refractivity contribution in [3.05, 3.63) is 12.7 Å². The Bertz CT molecular complexity index is 767. The maximum absolute atomic E-state index is 13.9. The van der Waals surface area contributed by atoms with Crippen molar-refractivity contribution in [2.24, 2.45) is 17.8 Å². The summed E-state index contributed by atoms with van der Waals surface area (Å²) in [5.41, 5.74) is -2.17.